The van der Waals surface area contributed by atoms with Gasteiger partial charge in [0.05, 0.1) is 16.8 Å². The molecular weight excluding hydrogens is 705 g/mol. The highest BCUT2D eigenvalue weighted by atomic mass is 16.5. The number of fused-ring (bicyclic) bond motifs is 12. The second kappa shape index (κ2) is 12.8. The topological polar surface area (TPSA) is 35.0 Å². The third-order valence-electron chi connectivity index (χ3n) is 12.6. The van der Waals surface area contributed by atoms with E-state index in [0.29, 0.717) is 5.82 Å². The van der Waals surface area contributed by atoms with Gasteiger partial charge in [0.15, 0.2) is 5.82 Å². The molecule has 3 nitrogen and oxygen atoms in total. The summed E-state index contributed by atoms with van der Waals surface area (Å²) in [7, 11) is 0. The summed E-state index contributed by atoms with van der Waals surface area (Å²) >= 11 is 0. The SMILES string of the molecule is C1=CC2c3ccccc3C3(c4ccccc4Oc4c(-c5ccc(-c6cc(-c7ccc8c(ccc9ccccc98)c7)nc(-c7ccccc7)n6)cc5)cccc43)C2C=C1. The molecule has 0 saturated heterocycles. The van der Waals surface area contributed by atoms with Crippen molar-refractivity contribution in [3.05, 3.63) is 229 Å². The fourth-order valence-electron chi connectivity index (χ4n) is 10.1. The predicted molar refractivity (Wildman–Crippen MR) is 236 cm³/mol. The molecule has 0 fully saturated rings. The zero-order valence-electron chi connectivity index (χ0n) is 31.6. The number of rotatable bonds is 4. The number of hydrogen-bond acceptors (Lipinski definition) is 3. The molecule has 3 aliphatic rings. The summed E-state index contributed by atoms with van der Waals surface area (Å²) in [6.45, 7) is 0. The standard InChI is InChI=1S/C55H36N2O/c1-2-14-38(15-3-1)54-56-50(34-51(57-54)40-31-32-42-39(33-40)30-27-35-13-4-5-16-41(35)42)37-28-25-36(26-29-37)43-19-12-23-49-53(43)58-52-24-11-10-22-48(52)55(49)46-20-8-6-17-44(46)45-18-7-9-21-47(45)55/h1-34,44,46H. The lowest BCUT2D eigenvalue weighted by molar-refractivity contribution is 0.375. The number of para-hydroxylation sites is 2. The van der Waals surface area contributed by atoms with E-state index in [1.165, 1.54) is 43.8 Å². The van der Waals surface area contributed by atoms with Crippen LogP contribution in [0.3, 0.4) is 0 Å². The van der Waals surface area contributed by atoms with Gasteiger partial charge in [0.1, 0.15) is 11.5 Å². The minimum Gasteiger partial charge on any atom is -0.456 e. The van der Waals surface area contributed by atoms with E-state index in [1.54, 1.807) is 0 Å². The van der Waals surface area contributed by atoms with E-state index in [2.05, 4.69) is 188 Å². The van der Waals surface area contributed by atoms with Crippen LogP contribution in [-0.2, 0) is 5.41 Å². The summed E-state index contributed by atoms with van der Waals surface area (Å²) in [6.07, 6.45) is 9.21. The number of benzene rings is 8. The lowest BCUT2D eigenvalue weighted by Gasteiger charge is -2.43. The first kappa shape index (κ1) is 32.8. The van der Waals surface area contributed by atoms with Crippen LogP contribution in [0.5, 0.6) is 11.5 Å². The first-order chi connectivity index (χ1) is 28.7. The molecular formula is C55H36N2O. The normalized spacial score (nSPS) is 18.4. The van der Waals surface area contributed by atoms with Gasteiger partial charge in [-0.05, 0) is 56.4 Å². The quantitative estimate of drug-likeness (QED) is 0.169. The molecule has 8 aromatic carbocycles. The zero-order chi connectivity index (χ0) is 38.2. The van der Waals surface area contributed by atoms with Crippen LogP contribution in [-0.4, -0.2) is 9.97 Å². The van der Waals surface area contributed by atoms with Gasteiger partial charge in [-0.2, -0.15) is 0 Å². The molecule has 1 aromatic heterocycles. The maximum Gasteiger partial charge on any atom is 0.160 e. The Hall–Kier alpha value is -7.36. The second-order valence-electron chi connectivity index (χ2n) is 15.6. The molecule has 0 N–H and O–H groups in total. The van der Waals surface area contributed by atoms with Gasteiger partial charge in [-0.1, -0.05) is 188 Å². The van der Waals surface area contributed by atoms with E-state index in [0.717, 1.165) is 50.7 Å². The Kier molecular flexibility index (Phi) is 7.27. The largest absolute Gasteiger partial charge is 0.456 e. The molecule has 0 bridgehead atoms. The Balaban J connectivity index is 0.980. The summed E-state index contributed by atoms with van der Waals surface area (Å²) in [5, 5.41) is 4.92. The predicted octanol–water partition coefficient (Wildman–Crippen LogP) is 13.7. The van der Waals surface area contributed by atoms with Crippen molar-refractivity contribution in [1.29, 1.82) is 0 Å². The Labute approximate surface area is 337 Å². The smallest absolute Gasteiger partial charge is 0.160 e. The highest BCUT2D eigenvalue weighted by Crippen LogP contribution is 2.65. The van der Waals surface area contributed by atoms with Crippen LogP contribution < -0.4 is 4.74 Å². The minimum absolute atomic E-state index is 0.226. The van der Waals surface area contributed by atoms with Crippen molar-refractivity contribution in [2.75, 3.05) is 0 Å². The maximum atomic E-state index is 6.98. The van der Waals surface area contributed by atoms with Crippen LogP contribution in [0.1, 0.15) is 28.2 Å². The zero-order valence-corrected chi connectivity index (χ0v) is 31.6. The van der Waals surface area contributed by atoms with Crippen LogP contribution in [0.4, 0.5) is 0 Å². The number of nitrogens with zero attached hydrogens (tertiary/aromatic N) is 2. The van der Waals surface area contributed by atoms with Crippen molar-refractivity contribution in [1.82, 2.24) is 9.97 Å². The van der Waals surface area contributed by atoms with Crippen molar-refractivity contribution < 1.29 is 4.74 Å². The highest BCUT2D eigenvalue weighted by Gasteiger charge is 2.56. The Morgan fingerprint density at radius 3 is 2.02 bits per heavy atom. The van der Waals surface area contributed by atoms with Crippen LogP contribution in [0, 0.1) is 5.92 Å². The molecule has 2 aliphatic carbocycles. The Bertz CT molecular complexity index is 3160. The summed E-state index contributed by atoms with van der Waals surface area (Å²) < 4.78 is 6.98. The number of aromatic nitrogens is 2. The van der Waals surface area contributed by atoms with E-state index >= 15 is 0 Å². The van der Waals surface area contributed by atoms with Crippen molar-refractivity contribution in [2.45, 2.75) is 11.3 Å². The van der Waals surface area contributed by atoms with E-state index in [9.17, 15) is 0 Å². The van der Waals surface area contributed by atoms with Gasteiger partial charge in [-0.15, -0.1) is 0 Å². The van der Waals surface area contributed by atoms with E-state index < -0.39 is 0 Å². The van der Waals surface area contributed by atoms with E-state index in [4.69, 9.17) is 14.7 Å². The average molecular weight is 741 g/mol. The Morgan fingerprint density at radius 1 is 0.448 bits per heavy atom. The van der Waals surface area contributed by atoms with Crippen molar-refractivity contribution in [2.24, 2.45) is 5.92 Å². The van der Waals surface area contributed by atoms with Gasteiger partial charge in [-0.25, -0.2) is 9.97 Å². The lowest BCUT2D eigenvalue weighted by Crippen LogP contribution is -2.37. The molecule has 3 unspecified atom stereocenters. The van der Waals surface area contributed by atoms with Crippen molar-refractivity contribution >= 4 is 21.5 Å². The van der Waals surface area contributed by atoms with Crippen LogP contribution in [0.25, 0.3) is 66.6 Å². The lowest BCUT2D eigenvalue weighted by atomic mass is 9.61. The van der Waals surface area contributed by atoms with E-state index in [-0.39, 0.29) is 17.3 Å². The number of ether oxygens (including phenoxy) is 1. The monoisotopic (exact) mass is 740 g/mol. The molecule has 1 spiro atoms. The molecule has 3 atom stereocenters. The molecule has 0 radical (unpaired) electrons. The van der Waals surface area contributed by atoms with Crippen LogP contribution >= 0.6 is 0 Å². The first-order valence-electron chi connectivity index (χ1n) is 20.1. The molecule has 0 amide bonds. The third-order valence-corrected chi connectivity index (χ3v) is 12.6. The molecule has 1 aliphatic heterocycles. The average Bonchev–Trinajstić information content (AvgIpc) is 3.59. The Morgan fingerprint density at radius 2 is 1.12 bits per heavy atom. The molecule has 3 heteroatoms. The second-order valence-corrected chi connectivity index (χ2v) is 15.6. The van der Waals surface area contributed by atoms with Gasteiger partial charge in [0.25, 0.3) is 0 Å². The molecule has 12 rings (SSSR count). The number of hydrogen-bond donors (Lipinski definition) is 0. The van der Waals surface area contributed by atoms with Gasteiger partial charge in [0, 0.05) is 45.2 Å². The fraction of sp³-hybridized carbons (Fsp3) is 0.0545. The summed E-state index contributed by atoms with van der Waals surface area (Å²) in [6, 6.07) is 65.1. The van der Waals surface area contributed by atoms with Gasteiger partial charge >= 0.3 is 0 Å². The number of allylic oxidation sites excluding steroid dienone is 4. The van der Waals surface area contributed by atoms with Crippen molar-refractivity contribution in [3.63, 3.8) is 0 Å². The molecule has 0 saturated carbocycles. The molecule has 58 heavy (non-hydrogen) atoms. The molecule has 272 valence electrons. The molecule has 2 heterocycles. The van der Waals surface area contributed by atoms with Gasteiger partial charge < -0.3 is 4.74 Å². The summed E-state index contributed by atoms with van der Waals surface area (Å²) in [5.41, 5.74) is 11.8. The van der Waals surface area contributed by atoms with Gasteiger partial charge in [-0.3, -0.25) is 0 Å². The van der Waals surface area contributed by atoms with Crippen LogP contribution in [0.2, 0.25) is 0 Å². The summed E-state index contributed by atoms with van der Waals surface area (Å²) in [4.78, 5) is 10.3. The van der Waals surface area contributed by atoms with Crippen molar-refractivity contribution in [3.8, 4) is 56.5 Å². The minimum atomic E-state index is -0.385. The van der Waals surface area contributed by atoms with E-state index in [1.807, 2.05) is 18.2 Å². The van der Waals surface area contributed by atoms with Gasteiger partial charge in [0.2, 0.25) is 0 Å². The van der Waals surface area contributed by atoms with Crippen LogP contribution in [0.15, 0.2) is 206 Å². The maximum absolute atomic E-state index is 6.98. The fourth-order valence-corrected chi connectivity index (χ4v) is 10.1. The highest BCUT2D eigenvalue weighted by molar-refractivity contribution is 6.08. The molecule has 9 aromatic rings. The third kappa shape index (κ3) is 4.86. The first-order valence-corrected chi connectivity index (χ1v) is 20.1. The summed E-state index contributed by atoms with van der Waals surface area (Å²) in [5.74, 6) is 3.06.